The first-order valence-corrected chi connectivity index (χ1v) is 9.51. The summed E-state index contributed by atoms with van der Waals surface area (Å²) < 4.78 is 0. The molecule has 1 aliphatic heterocycles. The van der Waals surface area contributed by atoms with Gasteiger partial charge in [0.05, 0.1) is 12.2 Å². The summed E-state index contributed by atoms with van der Waals surface area (Å²) in [5, 5.41) is 13.5. The van der Waals surface area contributed by atoms with E-state index in [0.717, 1.165) is 49.1 Å². The minimum absolute atomic E-state index is 0.345. The van der Waals surface area contributed by atoms with Crippen LogP contribution in [0.1, 0.15) is 12.6 Å². The number of likely N-dealkylation sites (N-methyl/N-ethyl adjacent to an activating group) is 1. The number of allylic oxidation sites excluding steroid dienone is 2. The smallest absolute Gasteiger partial charge is 0.227 e. The lowest BCUT2D eigenvalue weighted by atomic mass is 10.3. The highest BCUT2D eigenvalue weighted by Gasteiger charge is 2.17. The number of nitrogens with zero attached hydrogens (tertiary/aromatic N) is 5. The molecule has 0 radical (unpaired) electrons. The zero-order valence-electron chi connectivity index (χ0n) is 17.2. The fourth-order valence-electron chi connectivity index (χ4n) is 2.97. The molecule has 1 aliphatic rings. The average molecular weight is 400 g/mol. The summed E-state index contributed by atoms with van der Waals surface area (Å²) in [5.41, 5.74) is 1.74. The van der Waals surface area contributed by atoms with Gasteiger partial charge in [-0.1, -0.05) is 12.2 Å². The molecule has 5 N–H and O–H groups in total. The number of rotatable bonds is 8. The lowest BCUT2D eigenvalue weighted by Crippen LogP contribution is -2.44. The van der Waals surface area contributed by atoms with Crippen LogP contribution in [0.25, 0.3) is 0 Å². The topological polar surface area (TPSA) is 120 Å². The van der Waals surface area contributed by atoms with E-state index in [2.05, 4.69) is 54.2 Å². The quantitative estimate of drug-likeness (QED) is 0.299. The lowest BCUT2D eigenvalue weighted by Gasteiger charge is -2.33. The fourth-order valence-corrected chi connectivity index (χ4v) is 2.97. The summed E-state index contributed by atoms with van der Waals surface area (Å²) in [6, 6.07) is 3.86. The predicted octanol–water partition coefficient (Wildman–Crippen LogP) is 1.77. The second-order valence-corrected chi connectivity index (χ2v) is 7.20. The van der Waals surface area contributed by atoms with Crippen LogP contribution in [0.4, 0.5) is 23.4 Å². The zero-order chi connectivity index (χ0) is 20.8. The number of aryl methyl sites for hydroxylation is 1. The van der Waals surface area contributed by atoms with Crippen molar-refractivity contribution in [1.29, 1.82) is 0 Å². The Morgan fingerprint density at radius 3 is 2.69 bits per heavy atom. The number of aromatic nitrogens is 4. The summed E-state index contributed by atoms with van der Waals surface area (Å²) in [6.07, 6.45) is 1.77. The molecule has 10 nitrogen and oxygen atoms in total. The van der Waals surface area contributed by atoms with Crippen LogP contribution in [-0.4, -0.2) is 64.8 Å². The lowest BCUT2D eigenvalue weighted by molar-refractivity contribution is 0.219. The Morgan fingerprint density at radius 1 is 1.31 bits per heavy atom. The maximum atomic E-state index is 5.35. The highest BCUT2D eigenvalue weighted by Crippen LogP contribution is 2.22. The molecular weight excluding hydrogens is 370 g/mol. The first kappa shape index (κ1) is 20.6. The number of H-pyrrole nitrogens is 1. The molecule has 0 aromatic carbocycles. The number of aromatic amines is 1. The van der Waals surface area contributed by atoms with Gasteiger partial charge in [-0.15, -0.1) is 0 Å². The Morgan fingerprint density at radius 2 is 2.07 bits per heavy atom. The van der Waals surface area contributed by atoms with E-state index in [9.17, 15) is 0 Å². The monoisotopic (exact) mass is 399 g/mol. The molecule has 0 saturated carbocycles. The third-order valence-corrected chi connectivity index (χ3v) is 4.49. The van der Waals surface area contributed by atoms with E-state index in [1.807, 2.05) is 26.0 Å². The second kappa shape index (κ2) is 9.39. The largest absolute Gasteiger partial charge is 0.414 e. The molecule has 10 heteroatoms. The van der Waals surface area contributed by atoms with E-state index in [1.54, 1.807) is 6.08 Å². The fraction of sp³-hybridized carbons (Fsp3) is 0.421. The molecule has 3 rings (SSSR count). The van der Waals surface area contributed by atoms with Gasteiger partial charge in [-0.3, -0.25) is 5.10 Å². The zero-order valence-corrected chi connectivity index (χ0v) is 17.2. The first-order chi connectivity index (χ1) is 13.9. The molecule has 29 heavy (non-hydrogen) atoms. The van der Waals surface area contributed by atoms with Crippen LogP contribution in [-0.2, 0) is 4.84 Å². The molecule has 3 heterocycles. The maximum Gasteiger partial charge on any atom is 0.227 e. The SMILES string of the molecule is C=C(C)/C=C(/CNc1nc(Nc2cc(C)n[nH]2)cc(N2CCN(C)CC2)n1)ON. The minimum atomic E-state index is 0.345. The summed E-state index contributed by atoms with van der Waals surface area (Å²) in [6.45, 7) is 11.8. The normalized spacial score (nSPS) is 15.3. The minimum Gasteiger partial charge on any atom is -0.414 e. The van der Waals surface area contributed by atoms with Crippen molar-refractivity contribution in [2.75, 3.05) is 55.3 Å². The molecule has 2 aromatic rings. The van der Waals surface area contributed by atoms with Crippen molar-refractivity contribution < 1.29 is 4.84 Å². The molecule has 0 unspecified atom stereocenters. The van der Waals surface area contributed by atoms with Crippen LogP contribution in [0.2, 0.25) is 0 Å². The van der Waals surface area contributed by atoms with Gasteiger partial charge in [0, 0.05) is 38.3 Å². The Hall–Kier alpha value is -3.11. The van der Waals surface area contributed by atoms with E-state index in [4.69, 9.17) is 10.7 Å². The molecule has 0 amide bonds. The van der Waals surface area contributed by atoms with Gasteiger partial charge in [-0.05, 0) is 27.0 Å². The maximum absolute atomic E-state index is 5.35. The van der Waals surface area contributed by atoms with E-state index >= 15 is 0 Å². The van der Waals surface area contributed by atoms with Gasteiger partial charge in [-0.25, -0.2) is 0 Å². The Kier molecular flexibility index (Phi) is 6.68. The van der Waals surface area contributed by atoms with Crippen molar-refractivity contribution in [2.24, 2.45) is 5.90 Å². The summed E-state index contributed by atoms with van der Waals surface area (Å²) in [7, 11) is 2.13. The van der Waals surface area contributed by atoms with Crippen molar-refractivity contribution in [3.8, 4) is 0 Å². The standard InChI is InChI=1S/C19H29N9O/c1-13(2)9-15(29-20)12-21-19-23-16(22-17-10-14(3)25-26-17)11-18(24-19)28-7-5-27(4)6-8-28/h9-11H,1,5-8,12,20H2,2-4H3,(H3,21,22,23,24,25,26)/b15-9-. The molecule has 1 saturated heterocycles. The predicted molar refractivity (Wildman–Crippen MR) is 115 cm³/mol. The van der Waals surface area contributed by atoms with E-state index in [-0.39, 0.29) is 0 Å². The number of piperazine rings is 1. The number of nitrogens with two attached hydrogens (primary N) is 1. The van der Waals surface area contributed by atoms with Crippen LogP contribution in [0.5, 0.6) is 0 Å². The highest BCUT2D eigenvalue weighted by atomic mass is 16.6. The molecule has 0 atom stereocenters. The number of nitrogens with one attached hydrogen (secondary N) is 3. The molecule has 156 valence electrons. The van der Waals surface area contributed by atoms with Crippen LogP contribution < -0.4 is 21.4 Å². The van der Waals surface area contributed by atoms with Gasteiger partial charge in [0.25, 0.3) is 0 Å². The summed E-state index contributed by atoms with van der Waals surface area (Å²) >= 11 is 0. The van der Waals surface area contributed by atoms with Gasteiger partial charge in [0.1, 0.15) is 23.2 Å². The van der Waals surface area contributed by atoms with Crippen LogP contribution in [0, 0.1) is 6.92 Å². The molecule has 0 spiro atoms. The number of hydrogen-bond donors (Lipinski definition) is 4. The van der Waals surface area contributed by atoms with Gasteiger partial charge in [-0.2, -0.15) is 21.0 Å². The van der Waals surface area contributed by atoms with E-state index in [1.165, 1.54) is 0 Å². The van der Waals surface area contributed by atoms with Crippen LogP contribution in [0.15, 0.2) is 36.1 Å². The molecule has 0 aliphatic carbocycles. The Bertz CT molecular complexity index is 868. The third-order valence-electron chi connectivity index (χ3n) is 4.49. The van der Waals surface area contributed by atoms with Gasteiger partial charge in [0.15, 0.2) is 0 Å². The van der Waals surface area contributed by atoms with Crippen LogP contribution >= 0.6 is 0 Å². The van der Waals surface area contributed by atoms with Gasteiger partial charge >= 0.3 is 0 Å². The van der Waals surface area contributed by atoms with Crippen molar-refractivity contribution >= 4 is 23.4 Å². The first-order valence-electron chi connectivity index (χ1n) is 9.51. The third kappa shape index (κ3) is 5.93. The molecule has 0 bridgehead atoms. The Labute approximate surface area is 170 Å². The summed E-state index contributed by atoms with van der Waals surface area (Å²) in [5.74, 6) is 8.66. The van der Waals surface area contributed by atoms with Crippen molar-refractivity contribution in [1.82, 2.24) is 25.1 Å². The van der Waals surface area contributed by atoms with Gasteiger partial charge < -0.3 is 25.3 Å². The van der Waals surface area contributed by atoms with Crippen molar-refractivity contribution in [2.45, 2.75) is 13.8 Å². The average Bonchev–Trinajstić information content (AvgIpc) is 3.09. The number of hydrogen-bond acceptors (Lipinski definition) is 9. The van der Waals surface area contributed by atoms with E-state index < -0.39 is 0 Å². The Balaban J connectivity index is 1.82. The second-order valence-electron chi connectivity index (χ2n) is 7.20. The van der Waals surface area contributed by atoms with E-state index in [0.29, 0.717) is 24.1 Å². The molecule has 2 aromatic heterocycles. The van der Waals surface area contributed by atoms with Crippen LogP contribution in [0.3, 0.4) is 0 Å². The molecule has 1 fully saturated rings. The van der Waals surface area contributed by atoms with Crippen molar-refractivity contribution in [3.63, 3.8) is 0 Å². The number of anilines is 4. The van der Waals surface area contributed by atoms with Crippen molar-refractivity contribution in [3.05, 3.63) is 41.8 Å². The van der Waals surface area contributed by atoms with Gasteiger partial charge in [0.2, 0.25) is 5.95 Å². The summed E-state index contributed by atoms with van der Waals surface area (Å²) in [4.78, 5) is 18.7. The molecular formula is C19H29N9O. The highest BCUT2D eigenvalue weighted by molar-refractivity contribution is 5.59.